The Balaban J connectivity index is 2.86. The molecule has 1 unspecified atom stereocenters. The maximum Gasteiger partial charge on any atom is 0.0552 e. The van der Waals surface area contributed by atoms with Crippen LogP contribution in [-0.4, -0.2) is 11.2 Å². The number of hydrogen-bond acceptors (Lipinski definition) is 1. The van der Waals surface area contributed by atoms with Crippen LogP contribution in [0.2, 0.25) is 0 Å². The van der Waals surface area contributed by atoms with Gasteiger partial charge in [0.25, 0.3) is 0 Å². The van der Waals surface area contributed by atoms with Crippen molar-refractivity contribution >= 4 is 0 Å². The molecule has 0 aliphatic rings. The van der Waals surface area contributed by atoms with Crippen LogP contribution in [0.25, 0.3) is 0 Å². The van der Waals surface area contributed by atoms with E-state index in [2.05, 4.69) is 32.0 Å². The fraction of sp³-hybridized carbons (Fsp3) is 0.455. The predicted octanol–water partition coefficient (Wildman–Crippen LogP) is 2.23. The molecular weight excluding hydrogens is 148 g/mol. The first-order chi connectivity index (χ1) is 5.59. The third kappa shape index (κ3) is 2.35. The smallest absolute Gasteiger partial charge is 0.0552 e. The summed E-state index contributed by atoms with van der Waals surface area (Å²) in [6.45, 7) is 5.99. The van der Waals surface area contributed by atoms with Gasteiger partial charge in [-0.05, 0) is 38.3 Å². The minimum atomic E-state index is -0.244. The molecule has 1 aromatic rings. The van der Waals surface area contributed by atoms with E-state index in [1.165, 1.54) is 16.7 Å². The van der Waals surface area contributed by atoms with Crippen molar-refractivity contribution in [1.82, 2.24) is 0 Å². The van der Waals surface area contributed by atoms with E-state index in [0.29, 0.717) is 0 Å². The van der Waals surface area contributed by atoms with Gasteiger partial charge < -0.3 is 5.11 Å². The molecule has 0 aromatic heterocycles. The van der Waals surface area contributed by atoms with E-state index >= 15 is 0 Å². The molecule has 0 radical (unpaired) electrons. The second-order valence-electron chi connectivity index (χ2n) is 3.48. The van der Waals surface area contributed by atoms with Gasteiger partial charge in [-0.25, -0.2) is 0 Å². The summed E-state index contributed by atoms with van der Waals surface area (Å²) in [4.78, 5) is 0. The number of aliphatic hydroxyl groups is 1. The van der Waals surface area contributed by atoms with E-state index in [4.69, 9.17) is 0 Å². The topological polar surface area (TPSA) is 20.2 Å². The Kier molecular flexibility index (Phi) is 2.88. The highest BCUT2D eigenvalue weighted by molar-refractivity contribution is 5.30. The molecule has 66 valence electrons. The summed E-state index contributed by atoms with van der Waals surface area (Å²) in [6, 6.07) is 6.33. The molecule has 0 fully saturated rings. The molecule has 0 saturated carbocycles. The Morgan fingerprint density at radius 2 is 2.00 bits per heavy atom. The minimum absolute atomic E-state index is 0.244. The monoisotopic (exact) mass is 164 g/mol. The van der Waals surface area contributed by atoms with Gasteiger partial charge in [0, 0.05) is 0 Å². The van der Waals surface area contributed by atoms with Crippen molar-refractivity contribution < 1.29 is 5.11 Å². The van der Waals surface area contributed by atoms with E-state index in [1.807, 2.05) is 6.92 Å². The van der Waals surface area contributed by atoms with Crippen LogP contribution in [0.15, 0.2) is 18.2 Å². The fourth-order valence-electron chi connectivity index (χ4n) is 1.39. The predicted molar refractivity (Wildman–Crippen MR) is 51.3 cm³/mol. The van der Waals surface area contributed by atoms with E-state index in [9.17, 15) is 5.11 Å². The molecule has 0 heterocycles. The van der Waals surface area contributed by atoms with Crippen LogP contribution in [0.4, 0.5) is 0 Å². The van der Waals surface area contributed by atoms with Crippen molar-refractivity contribution in [3.63, 3.8) is 0 Å². The molecule has 1 aromatic carbocycles. The highest BCUT2D eigenvalue weighted by Gasteiger charge is 2.01. The lowest BCUT2D eigenvalue weighted by Crippen LogP contribution is -2.05. The first kappa shape index (κ1) is 9.27. The van der Waals surface area contributed by atoms with Crippen molar-refractivity contribution in [2.75, 3.05) is 0 Å². The summed E-state index contributed by atoms with van der Waals surface area (Å²) in [5, 5.41) is 9.20. The Labute approximate surface area is 74.1 Å². The molecule has 0 aliphatic heterocycles. The SMILES string of the molecule is Cc1ccc(CC(C)O)c(C)c1. The van der Waals surface area contributed by atoms with E-state index in [1.54, 1.807) is 0 Å². The van der Waals surface area contributed by atoms with Crippen molar-refractivity contribution in [3.8, 4) is 0 Å². The average Bonchev–Trinajstić information content (AvgIpc) is 1.94. The average molecular weight is 164 g/mol. The zero-order valence-electron chi connectivity index (χ0n) is 7.96. The lowest BCUT2D eigenvalue weighted by molar-refractivity contribution is 0.195. The number of aryl methyl sites for hydroxylation is 2. The molecule has 1 N–H and O–H groups in total. The Morgan fingerprint density at radius 3 is 2.50 bits per heavy atom. The number of benzene rings is 1. The second kappa shape index (κ2) is 3.72. The molecule has 0 spiro atoms. The van der Waals surface area contributed by atoms with E-state index in [0.717, 1.165) is 6.42 Å². The quantitative estimate of drug-likeness (QED) is 0.710. The van der Waals surface area contributed by atoms with Gasteiger partial charge in [-0.15, -0.1) is 0 Å². The highest BCUT2D eigenvalue weighted by atomic mass is 16.3. The summed E-state index contributed by atoms with van der Waals surface area (Å²) in [5.41, 5.74) is 3.80. The molecule has 0 saturated heterocycles. The molecule has 12 heavy (non-hydrogen) atoms. The highest BCUT2D eigenvalue weighted by Crippen LogP contribution is 2.12. The van der Waals surface area contributed by atoms with Crippen molar-refractivity contribution in [2.45, 2.75) is 33.3 Å². The fourth-order valence-corrected chi connectivity index (χ4v) is 1.39. The van der Waals surface area contributed by atoms with Crippen molar-refractivity contribution in [2.24, 2.45) is 0 Å². The maximum absolute atomic E-state index is 9.20. The molecule has 0 bridgehead atoms. The normalized spacial score (nSPS) is 13.0. The zero-order valence-corrected chi connectivity index (χ0v) is 7.96. The van der Waals surface area contributed by atoms with Gasteiger partial charge in [0.05, 0.1) is 6.10 Å². The number of aliphatic hydroxyl groups excluding tert-OH is 1. The third-order valence-corrected chi connectivity index (χ3v) is 2.01. The lowest BCUT2D eigenvalue weighted by atomic mass is 10.0. The van der Waals surface area contributed by atoms with E-state index in [-0.39, 0.29) is 6.10 Å². The Bertz CT molecular complexity index is 264. The van der Waals surface area contributed by atoms with Crippen LogP contribution < -0.4 is 0 Å². The van der Waals surface area contributed by atoms with Crippen LogP contribution in [-0.2, 0) is 6.42 Å². The Hall–Kier alpha value is -0.820. The zero-order chi connectivity index (χ0) is 9.14. The molecule has 1 rings (SSSR count). The molecular formula is C11H16O. The van der Waals surface area contributed by atoms with Gasteiger partial charge in [0.1, 0.15) is 0 Å². The van der Waals surface area contributed by atoms with E-state index < -0.39 is 0 Å². The van der Waals surface area contributed by atoms with Gasteiger partial charge >= 0.3 is 0 Å². The van der Waals surface area contributed by atoms with Gasteiger partial charge in [-0.2, -0.15) is 0 Å². The third-order valence-electron chi connectivity index (χ3n) is 2.01. The van der Waals surface area contributed by atoms with Crippen LogP contribution in [0.3, 0.4) is 0 Å². The molecule has 1 heteroatoms. The Morgan fingerprint density at radius 1 is 1.33 bits per heavy atom. The first-order valence-electron chi connectivity index (χ1n) is 4.34. The van der Waals surface area contributed by atoms with Crippen LogP contribution in [0.1, 0.15) is 23.6 Å². The summed E-state index contributed by atoms with van der Waals surface area (Å²) in [5.74, 6) is 0. The summed E-state index contributed by atoms with van der Waals surface area (Å²) in [6.07, 6.45) is 0.512. The van der Waals surface area contributed by atoms with Gasteiger partial charge in [0.15, 0.2) is 0 Å². The standard InChI is InChI=1S/C11H16O/c1-8-4-5-11(7-10(3)12)9(2)6-8/h4-6,10,12H,7H2,1-3H3. The van der Waals surface area contributed by atoms with Crippen LogP contribution >= 0.6 is 0 Å². The van der Waals surface area contributed by atoms with Gasteiger partial charge in [-0.1, -0.05) is 23.8 Å². The first-order valence-corrected chi connectivity index (χ1v) is 4.34. The second-order valence-corrected chi connectivity index (χ2v) is 3.48. The van der Waals surface area contributed by atoms with Crippen molar-refractivity contribution in [3.05, 3.63) is 34.9 Å². The largest absolute Gasteiger partial charge is 0.393 e. The summed E-state index contributed by atoms with van der Waals surface area (Å²) >= 11 is 0. The van der Waals surface area contributed by atoms with Crippen molar-refractivity contribution in [1.29, 1.82) is 0 Å². The molecule has 1 atom stereocenters. The maximum atomic E-state index is 9.20. The minimum Gasteiger partial charge on any atom is -0.393 e. The van der Waals surface area contributed by atoms with Crippen LogP contribution in [0.5, 0.6) is 0 Å². The van der Waals surface area contributed by atoms with Gasteiger partial charge in [-0.3, -0.25) is 0 Å². The summed E-state index contributed by atoms with van der Waals surface area (Å²) < 4.78 is 0. The lowest BCUT2D eigenvalue weighted by Gasteiger charge is -2.08. The molecule has 1 nitrogen and oxygen atoms in total. The van der Waals surface area contributed by atoms with Gasteiger partial charge in [0.2, 0.25) is 0 Å². The molecule has 0 amide bonds. The number of hydrogen-bond donors (Lipinski definition) is 1. The molecule has 0 aliphatic carbocycles. The number of rotatable bonds is 2. The summed E-state index contributed by atoms with van der Waals surface area (Å²) in [7, 11) is 0. The van der Waals surface area contributed by atoms with Crippen LogP contribution in [0, 0.1) is 13.8 Å².